The molecule has 1 aliphatic heterocycles. The smallest absolute Gasteiger partial charge is 0.255 e. The van der Waals surface area contributed by atoms with Crippen molar-refractivity contribution in [3.63, 3.8) is 0 Å². The standard InChI is InChI=1S/C21H20BrN3O/c1-24-10-12-25(13-11-24)21(26)18-14-20(15-6-8-16(22)9-7-15)23-19-5-3-2-4-17(18)19/h2-9,14H,10-13H2,1H3/p+1. The van der Waals surface area contributed by atoms with Crippen molar-refractivity contribution in [3.05, 3.63) is 64.6 Å². The van der Waals surface area contributed by atoms with Crippen molar-refractivity contribution >= 4 is 32.7 Å². The van der Waals surface area contributed by atoms with Crippen molar-refractivity contribution in [2.45, 2.75) is 0 Å². The van der Waals surface area contributed by atoms with E-state index >= 15 is 0 Å². The van der Waals surface area contributed by atoms with E-state index in [9.17, 15) is 4.79 Å². The van der Waals surface area contributed by atoms with E-state index in [1.54, 1.807) is 0 Å². The third-order valence-corrected chi connectivity index (χ3v) is 5.52. The Balaban J connectivity index is 1.79. The van der Waals surface area contributed by atoms with Crippen LogP contribution in [0.1, 0.15) is 10.4 Å². The quantitative estimate of drug-likeness (QED) is 0.704. The lowest BCUT2D eigenvalue weighted by molar-refractivity contribution is -0.883. The van der Waals surface area contributed by atoms with Crippen molar-refractivity contribution < 1.29 is 9.69 Å². The Bertz CT molecular complexity index is 947. The largest absolute Gasteiger partial charge is 0.334 e. The first-order valence-corrected chi connectivity index (χ1v) is 9.67. The van der Waals surface area contributed by atoms with Gasteiger partial charge in [-0.05, 0) is 24.3 Å². The molecule has 2 heterocycles. The van der Waals surface area contributed by atoms with Gasteiger partial charge in [-0.2, -0.15) is 0 Å². The molecule has 2 aromatic carbocycles. The van der Waals surface area contributed by atoms with Gasteiger partial charge >= 0.3 is 0 Å². The van der Waals surface area contributed by atoms with E-state index in [1.807, 2.05) is 59.5 Å². The number of hydrogen-bond acceptors (Lipinski definition) is 2. The maximum Gasteiger partial charge on any atom is 0.255 e. The fourth-order valence-corrected chi connectivity index (χ4v) is 3.65. The van der Waals surface area contributed by atoms with Crippen LogP contribution in [0.2, 0.25) is 0 Å². The molecule has 0 bridgehead atoms. The Kier molecular flexibility index (Phi) is 4.74. The summed E-state index contributed by atoms with van der Waals surface area (Å²) >= 11 is 3.47. The lowest BCUT2D eigenvalue weighted by atomic mass is 10.0. The van der Waals surface area contributed by atoms with Gasteiger partial charge in [0.15, 0.2) is 0 Å². The maximum absolute atomic E-state index is 13.2. The van der Waals surface area contributed by atoms with Crippen LogP contribution in [0.15, 0.2) is 59.1 Å². The second kappa shape index (κ2) is 7.17. The zero-order chi connectivity index (χ0) is 18.1. The third kappa shape index (κ3) is 3.37. The molecule has 0 atom stereocenters. The predicted octanol–water partition coefficient (Wildman–Crippen LogP) is 2.63. The highest BCUT2D eigenvalue weighted by Crippen LogP contribution is 2.27. The number of halogens is 1. The summed E-state index contributed by atoms with van der Waals surface area (Å²) in [6, 6.07) is 17.9. The molecule has 4 nitrogen and oxygen atoms in total. The first-order valence-electron chi connectivity index (χ1n) is 8.88. The number of piperazine rings is 1. The van der Waals surface area contributed by atoms with Crippen molar-refractivity contribution in [2.75, 3.05) is 33.2 Å². The van der Waals surface area contributed by atoms with E-state index < -0.39 is 0 Å². The number of quaternary nitrogens is 1. The van der Waals surface area contributed by atoms with Gasteiger partial charge in [-0.1, -0.05) is 46.3 Å². The number of carbonyl (C=O) groups excluding carboxylic acids is 1. The van der Waals surface area contributed by atoms with E-state index in [0.29, 0.717) is 0 Å². The zero-order valence-electron chi connectivity index (χ0n) is 14.7. The molecular weight excluding hydrogens is 390 g/mol. The molecule has 1 N–H and O–H groups in total. The van der Waals surface area contributed by atoms with E-state index in [4.69, 9.17) is 4.98 Å². The van der Waals surface area contributed by atoms with E-state index in [2.05, 4.69) is 23.0 Å². The fourth-order valence-electron chi connectivity index (χ4n) is 3.38. The van der Waals surface area contributed by atoms with E-state index in [-0.39, 0.29) is 5.91 Å². The van der Waals surface area contributed by atoms with Crippen LogP contribution in [-0.2, 0) is 0 Å². The normalized spacial score (nSPS) is 15.4. The summed E-state index contributed by atoms with van der Waals surface area (Å²) in [6.07, 6.45) is 0. The van der Waals surface area contributed by atoms with Crippen LogP contribution in [0.25, 0.3) is 22.2 Å². The minimum absolute atomic E-state index is 0.106. The van der Waals surface area contributed by atoms with Crippen LogP contribution in [0.5, 0.6) is 0 Å². The number of benzene rings is 2. The van der Waals surface area contributed by atoms with Gasteiger partial charge in [-0.25, -0.2) is 4.98 Å². The number of nitrogens with zero attached hydrogens (tertiary/aromatic N) is 2. The molecule has 1 aliphatic rings. The Morgan fingerprint density at radius 1 is 1.08 bits per heavy atom. The maximum atomic E-state index is 13.2. The second-order valence-corrected chi connectivity index (χ2v) is 7.74. The van der Waals surface area contributed by atoms with Crippen molar-refractivity contribution in [1.29, 1.82) is 0 Å². The summed E-state index contributed by atoms with van der Waals surface area (Å²) in [5.74, 6) is 0.106. The highest BCUT2D eigenvalue weighted by Gasteiger charge is 2.24. The monoisotopic (exact) mass is 410 g/mol. The second-order valence-electron chi connectivity index (χ2n) is 6.83. The molecule has 132 valence electrons. The van der Waals surface area contributed by atoms with Gasteiger partial charge < -0.3 is 9.80 Å². The first-order chi connectivity index (χ1) is 12.6. The highest BCUT2D eigenvalue weighted by molar-refractivity contribution is 9.10. The molecule has 0 unspecified atom stereocenters. The van der Waals surface area contributed by atoms with Gasteiger partial charge in [0.2, 0.25) is 0 Å². The van der Waals surface area contributed by atoms with Crippen molar-refractivity contribution in [1.82, 2.24) is 9.88 Å². The molecule has 5 heteroatoms. The molecular formula is C21H21BrN3O+. The molecule has 26 heavy (non-hydrogen) atoms. The van der Waals surface area contributed by atoms with Gasteiger partial charge in [0.1, 0.15) is 0 Å². The minimum atomic E-state index is 0.106. The molecule has 0 aliphatic carbocycles. The predicted molar refractivity (Wildman–Crippen MR) is 107 cm³/mol. The number of hydrogen-bond donors (Lipinski definition) is 1. The number of amides is 1. The van der Waals surface area contributed by atoms with Gasteiger partial charge in [0, 0.05) is 15.4 Å². The number of carbonyl (C=O) groups is 1. The molecule has 1 fully saturated rings. The van der Waals surface area contributed by atoms with Crippen molar-refractivity contribution in [3.8, 4) is 11.3 Å². The van der Waals surface area contributed by atoms with Crippen molar-refractivity contribution in [2.24, 2.45) is 0 Å². The molecule has 1 aromatic heterocycles. The van der Waals surface area contributed by atoms with Crippen LogP contribution in [0.4, 0.5) is 0 Å². The lowest BCUT2D eigenvalue weighted by Crippen LogP contribution is -3.12. The van der Waals surface area contributed by atoms with Crippen LogP contribution in [0.3, 0.4) is 0 Å². The number of aromatic nitrogens is 1. The number of rotatable bonds is 2. The summed E-state index contributed by atoms with van der Waals surface area (Å²) in [5, 5.41) is 0.921. The van der Waals surface area contributed by atoms with Gasteiger partial charge in [-0.15, -0.1) is 0 Å². The first kappa shape index (κ1) is 17.2. The van der Waals surface area contributed by atoms with Crippen LogP contribution < -0.4 is 4.90 Å². The average Bonchev–Trinajstić information content (AvgIpc) is 2.68. The molecule has 0 spiro atoms. The van der Waals surface area contributed by atoms with Gasteiger partial charge in [0.05, 0.1) is 50.0 Å². The molecule has 4 rings (SSSR count). The molecule has 0 radical (unpaired) electrons. The highest BCUT2D eigenvalue weighted by atomic mass is 79.9. The molecule has 3 aromatic rings. The Labute approximate surface area is 161 Å². The van der Waals surface area contributed by atoms with Crippen LogP contribution >= 0.6 is 15.9 Å². The molecule has 1 saturated heterocycles. The zero-order valence-corrected chi connectivity index (χ0v) is 16.3. The summed E-state index contributed by atoms with van der Waals surface area (Å²) in [6.45, 7) is 3.59. The third-order valence-electron chi connectivity index (χ3n) is 4.99. The fraction of sp³-hybridized carbons (Fsp3) is 0.238. The SMILES string of the molecule is C[NH+]1CCN(C(=O)c2cc(-c3ccc(Br)cc3)nc3ccccc23)CC1. The van der Waals surface area contributed by atoms with E-state index in [1.165, 1.54) is 4.90 Å². The van der Waals surface area contributed by atoms with Gasteiger partial charge in [-0.3, -0.25) is 4.79 Å². The Morgan fingerprint density at radius 3 is 2.50 bits per heavy atom. The summed E-state index contributed by atoms with van der Waals surface area (Å²) < 4.78 is 1.03. The topological polar surface area (TPSA) is 37.6 Å². The molecule has 0 saturated carbocycles. The summed E-state index contributed by atoms with van der Waals surface area (Å²) in [7, 11) is 2.18. The number of pyridine rings is 1. The summed E-state index contributed by atoms with van der Waals surface area (Å²) in [4.78, 5) is 21.5. The Hall–Kier alpha value is -2.24. The number of para-hydroxylation sites is 1. The number of likely N-dealkylation sites (N-methyl/N-ethyl adjacent to an activating group) is 1. The van der Waals surface area contributed by atoms with Crippen LogP contribution in [-0.4, -0.2) is 49.0 Å². The summed E-state index contributed by atoms with van der Waals surface area (Å²) in [5.41, 5.74) is 3.44. The van der Waals surface area contributed by atoms with Crippen LogP contribution in [0, 0.1) is 0 Å². The minimum Gasteiger partial charge on any atom is -0.334 e. The van der Waals surface area contributed by atoms with Gasteiger partial charge in [0.25, 0.3) is 5.91 Å². The average molecular weight is 411 g/mol. The number of nitrogens with one attached hydrogen (secondary N) is 1. The lowest BCUT2D eigenvalue weighted by Gasteiger charge is -2.30. The van der Waals surface area contributed by atoms with E-state index in [0.717, 1.165) is 58.4 Å². The number of fused-ring (bicyclic) bond motifs is 1. The Morgan fingerprint density at radius 2 is 1.77 bits per heavy atom. The molecule has 1 amide bonds.